The molecule has 1 aliphatic heterocycles. The first-order valence-corrected chi connectivity index (χ1v) is 9.56. The Hall–Kier alpha value is -3.54. The van der Waals surface area contributed by atoms with E-state index in [4.69, 9.17) is 5.73 Å². The molecule has 1 fully saturated rings. The predicted molar refractivity (Wildman–Crippen MR) is 112 cm³/mol. The molecule has 8 heteroatoms. The summed E-state index contributed by atoms with van der Waals surface area (Å²) in [5.41, 5.74) is 7.93. The topological polar surface area (TPSA) is 110 Å². The van der Waals surface area contributed by atoms with Crippen molar-refractivity contribution >= 4 is 5.91 Å². The van der Waals surface area contributed by atoms with Gasteiger partial charge in [-0.05, 0) is 18.2 Å². The summed E-state index contributed by atoms with van der Waals surface area (Å²) in [5, 5.41) is 10.5. The fourth-order valence-corrected chi connectivity index (χ4v) is 3.35. The number of carbonyl (C=O) groups is 1. The Kier molecular flexibility index (Phi) is 5.08. The molecule has 30 heavy (non-hydrogen) atoms. The quantitative estimate of drug-likeness (QED) is 0.631. The van der Waals surface area contributed by atoms with Crippen molar-refractivity contribution in [3.63, 3.8) is 0 Å². The molecular weight excluding hydrogens is 380 g/mol. The van der Waals surface area contributed by atoms with E-state index < -0.39 is 5.60 Å². The molecule has 0 radical (unpaired) electrons. The summed E-state index contributed by atoms with van der Waals surface area (Å²) < 4.78 is 1.88. The molecule has 3 aromatic rings. The minimum Gasteiger partial charge on any atom is -0.369 e. The summed E-state index contributed by atoms with van der Waals surface area (Å²) in [4.78, 5) is 27.0. The van der Waals surface area contributed by atoms with Gasteiger partial charge in [-0.2, -0.15) is 0 Å². The van der Waals surface area contributed by atoms with Crippen LogP contribution in [0.4, 0.5) is 0 Å². The Balaban J connectivity index is 1.71. The molecule has 8 nitrogen and oxygen atoms in total. The smallest absolute Gasteiger partial charge is 0.267 e. The van der Waals surface area contributed by atoms with Crippen molar-refractivity contribution in [1.82, 2.24) is 24.4 Å². The lowest BCUT2D eigenvalue weighted by molar-refractivity contribution is -0.137. The van der Waals surface area contributed by atoms with Gasteiger partial charge in [-0.15, -0.1) is 0 Å². The Bertz CT molecular complexity index is 1180. The second-order valence-electron chi connectivity index (χ2n) is 7.33. The van der Waals surface area contributed by atoms with E-state index in [-0.39, 0.29) is 12.5 Å². The molecule has 1 saturated heterocycles. The Labute approximate surface area is 174 Å². The van der Waals surface area contributed by atoms with E-state index in [1.54, 1.807) is 19.6 Å². The number of nitrogens with two attached hydrogens (primary N) is 1. The van der Waals surface area contributed by atoms with Crippen LogP contribution in [0.2, 0.25) is 0 Å². The lowest BCUT2D eigenvalue weighted by Crippen LogP contribution is -2.37. The number of hydrogen-bond acceptors (Lipinski definition) is 6. The van der Waals surface area contributed by atoms with Crippen molar-refractivity contribution in [2.75, 3.05) is 13.6 Å². The molecule has 1 aliphatic rings. The van der Waals surface area contributed by atoms with Crippen LogP contribution >= 0.6 is 0 Å². The number of imidazole rings is 1. The summed E-state index contributed by atoms with van der Waals surface area (Å²) in [6, 6.07) is 9.23. The van der Waals surface area contributed by atoms with Gasteiger partial charge >= 0.3 is 0 Å². The molecule has 3 heterocycles. The number of amides is 1. The number of hydrogen-bond donors (Lipinski definition) is 2. The SMILES string of the molecule is CN1CCC(O)(C#Cc2cccc(-c3nc(CN)cc(-c4cncn4C)n3)c2)C1=O. The Morgan fingerprint density at radius 1 is 1.27 bits per heavy atom. The van der Waals surface area contributed by atoms with E-state index >= 15 is 0 Å². The van der Waals surface area contributed by atoms with Gasteiger partial charge in [-0.25, -0.2) is 15.0 Å². The third-order valence-corrected chi connectivity index (χ3v) is 5.11. The van der Waals surface area contributed by atoms with Crippen LogP contribution in [-0.4, -0.2) is 54.6 Å². The number of benzene rings is 1. The maximum atomic E-state index is 12.1. The fourth-order valence-electron chi connectivity index (χ4n) is 3.35. The summed E-state index contributed by atoms with van der Waals surface area (Å²) in [6.45, 7) is 0.767. The average molecular weight is 402 g/mol. The normalized spacial score (nSPS) is 18.4. The van der Waals surface area contributed by atoms with Gasteiger partial charge in [0.2, 0.25) is 5.60 Å². The number of rotatable bonds is 3. The van der Waals surface area contributed by atoms with Crippen molar-refractivity contribution < 1.29 is 9.90 Å². The molecule has 2 aromatic heterocycles. The van der Waals surface area contributed by atoms with Crippen LogP contribution in [0.15, 0.2) is 42.9 Å². The van der Waals surface area contributed by atoms with Gasteiger partial charge in [-0.1, -0.05) is 24.0 Å². The lowest BCUT2D eigenvalue weighted by atomic mass is 10.0. The standard InChI is InChI=1S/C22H22N6O2/c1-27-9-8-22(30,21(27)29)7-6-15-4-3-5-16(10-15)20-25-17(12-23)11-18(26-20)19-13-24-14-28(19)2/h3-5,10-11,13-14,30H,8-9,12,23H2,1-2H3. The van der Waals surface area contributed by atoms with Crippen molar-refractivity contribution in [2.24, 2.45) is 12.8 Å². The van der Waals surface area contributed by atoms with Gasteiger partial charge in [0.15, 0.2) is 5.82 Å². The first-order chi connectivity index (χ1) is 14.4. The van der Waals surface area contributed by atoms with E-state index in [1.807, 2.05) is 41.9 Å². The second kappa shape index (κ2) is 7.71. The zero-order valence-electron chi connectivity index (χ0n) is 16.8. The summed E-state index contributed by atoms with van der Waals surface area (Å²) in [6.07, 6.45) is 3.75. The fraction of sp³-hybridized carbons (Fsp3) is 0.273. The molecule has 0 aliphatic carbocycles. The molecular formula is C22H22N6O2. The first-order valence-electron chi connectivity index (χ1n) is 9.56. The molecule has 152 valence electrons. The molecule has 1 amide bonds. The molecule has 4 rings (SSSR count). The van der Waals surface area contributed by atoms with E-state index in [2.05, 4.69) is 26.8 Å². The van der Waals surface area contributed by atoms with E-state index in [1.165, 1.54) is 4.90 Å². The number of likely N-dealkylation sites (N-methyl/N-ethyl adjacent to an activating group) is 1. The molecule has 0 spiro atoms. The van der Waals surface area contributed by atoms with Crippen LogP contribution < -0.4 is 5.73 Å². The van der Waals surface area contributed by atoms with Gasteiger partial charge < -0.3 is 20.3 Å². The molecule has 0 saturated carbocycles. The van der Waals surface area contributed by atoms with E-state index in [0.717, 1.165) is 17.0 Å². The highest BCUT2D eigenvalue weighted by Crippen LogP contribution is 2.24. The monoisotopic (exact) mass is 402 g/mol. The first kappa shape index (κ1) is 19.8. The summed E-state index contributed by atoms with van der Waals surface area (Å²) >= 11 is 0. The third-order valence-electron chi connectivity index (χ3n) is 5.11. The van der Waals surface area contributed by atoms with Crippen LogP contribution in [0.5, 0.6) is 0 Å². The maximum absolute atomic E-state index is 12.1. The average Bonchev–Trinajstić information content (AvgIpc) is 3.31. The van der Waals surface area contributed by atoms with E-state index in [0.29, 0.717) is 30.0 Å². The Morgan fingerprint density at radius 2 is 2.10 bits per heavy atom. The van der Waals surface area contributed by atoms with Gasteiger partial charge in [0, 0.05) is 44.7 Å². The second-order valence-corrected chi connectivity index (χ2v) is 7.33. The zero-order valence-corrected chi connectivity index (χ0v) is 16.8. The van der Waals surface area contributed by atoms with Crippen LogP contribution in [0, 0.1) is 11.8 Å². The number of nitrogens with zero attached hydrogens (tertiary/aromatic N) is 5. The maximum Gasteiger partial charge on any atom is 0.267 e. The molecule has 1 aromatic carbocycles. The number of aryl methyl sites for hydroxylation is 1. The van der Waals surface area contributed by atoms with Crippen molar-refractivity contribution in [3.05, 3.63) is 54.1 Å². The molecule has 3 N–H and O–H groups in total. The van der Waals surface area contributed by atoms with Crippen molar-refractivity contribution in [1.29, 1.82) is 0 Å². The minimum absolute atomic E-state index is 0.280. The highest BCUT2D eigenvalue weighted by molar-refractivity contribution is 5.90. The highest BCUT2D eigenvalue weighted by Gasteiger charge is 2.42. The number of carbonyl (C=O) groups excluding carboxylic acids is 1. The molecule has 1 atom stereocenters. The minimum atomic E-state index is -1.63. The number of aromatic nitrogens is 4. The predicted octanol–water partition coefficient (Wildman–Crippen LogP) is 0.947. The van der Waals surface area contributed by atoms with E-state index in [9.17, 15) is 9.90 Å². The summed E-state index contributed by atoms with van der Waals surface area (Å²) in [5.74, 6) is 5.82. The van der Waals surface area contributed by atoms with Crippen molar-refractivity contribution in [3.8, 4) is 34.6 Å². The number of aliphatic hydroxyl groups is 1. The zero-order chi connectivity index (χ0) is 21.3. The van der Waals surface area contributed by atoms with Crippen LogP contribution in [0.3, 0.4) is 0 Å². The van der Waals surface area contributed by atoms with Crippen LogP contribution in [-0.2, 0) is 18.4 Å². The molecule has 0 bridgehead atoms. The van der Waals surface area contributed by atoms with Crippen molar-refractivity contribution in [2.45, 2.75) is 18.6 Å². The largest absolute Gasteiger partial charge is 0.369 e. The highest BCUT2D eigenvalue weighted by atomic mass is 16.3. The van der Waals surface area contributed by atoms with Gasteiger partial charge in [0.25, 0.3) is 5.91 Å². The molecule has 1 unspecified atom stereocenters. The van der Waals surface area contributed by atoms with Crippen LogP contribution in [0.1, 0.15) is 17.7 Å². The van der Waals surface area contributed by atoms with Gasteiger partial charge in [0.05, 0.1) is 29.6 Å². The lowest BCUT2D eigenvalue weighted by Gasteiger charge is -2.13. The van der Waals surface area contributed by atoms with Gasteiger partial charge in [-0.3, -0.25) is 4.79 Å². The van der Waals surface area contributed by atoms with Gasteiger partial charge in [0.1, 0.15) is 0 Å². The third kappa shape index (κ3) is 3.68. The van der Waals surface area contributed by atoms with Crippen LogP contribution in [0.25, 0.3) is 22.8 Å². The Morgan fingerprint density at radius 3 is 2.77 bits per heavy atom. The number of likely N-dealkylation sites (tertiary alicyclic amines) is 1. The summed E-state index contributed by atoms with van der Waals surface area (Å²) in [7, 11) is 3.55.